The Labute approximate surface area is 139 Å². The van der Waals surface area contributed by atoms with Crippen molar-refractivity contribution in [3.05, 3.63) is 80.6 Å². The lowest BCUT2D eigenvalue weighted by atomic mass is 10.2. The number of carbonyl (C=O) groups excluding carboxylic acids is 2. The monoisotopic (exact) mass is 318 g/mol. The lowest BCUT2D eigenvalue weighted by molar-refractivity contribution is -0.136. The Morgan fingerprint density at radius 1 is 1.04 bits per heavy atom. The maximum Gasteiger partial charge on any atom is 0.332 e. The molecule has 23 heavy (non-hydrogen) atoms. The highest BCUT2D eigenvalue weighted by atomic mass is 16.5. The third-order valence-electron chi connectivity index (χ3n) is 1.82. The van der Waals surface area contributed by atoms with E-state index >= 15 is 0 Å². The highest BCUT2D eigenvalue weighted by Gasteiger charge is 1.95. The summed E-state index contributed by atoms with van der Waals surface area (Å²) in [7, 11) is 1.33. The van der Waals surface area contributed by atoms with Gasteiger partial charge in [-0.05, 0) is 12.5 Å². The molecule has 4 heteroatoms. The summed E-state index contributed by atoms with van der Waals surface area (Å²) in [6.07, 6.45) is 2.93. The molecule has 0 radical (unpaired) electrons. The van der Waals surface area contributed by atoms with Crippen LogP contribution in [0.5, 0.6) is 0 Å². The molecule has 126 valence electrons. The van der Waals surface area contributed by atoms with Gasteiger partial charge >= 0.3 is 11.9 Å². The summed E-state index contributed by atoms with van der Waals surface area (Å²) >= 11 is 0. The Bertz CT molecular complexity index is 475. The lowest BCUT2D eigenvalue weighted by Crippen LogP contribution is -1.98. The van der Waals surface area contributed by atoms with Gasteiger partial charge in [-0.3, -0.25) is 4.79 Å². The van der Waals surface area contributed by atoms with Gasteiger partial charge in [0, 0.05) is 12.5 Å². The highest BCUT2D eigenvalue weighted by Crippen LogP contribution is 1.97. The molecule has 1 aromatic rings. The molecule has 0 heterocycles. The predicted octanol–water partition coefficient (Wildman–Crippen LogP) is 4.56. The van der Waals surface area contributed by atoms with Crippen LogP contribution in [0.1, 0.15) is 19.4 Å². The number of esters is 2. The molecule has 0 amide bonds. The molecule has 1 rings (SSSR count). The smallest absolute Gasteiger partial charge is 0.332 e. The fraction of sp³-hybridized carbons (Fsp3) is 0.158. The zero-order valence-electron chi connectivity index (χ0n) is 14.2. The number of methoxy groups -OCH3 is 1. The van der Waals surface area contributed by atoms with E-state index in [1.165, 1.54) is 19.6 Å². The van der Waals surface area contributed by atoms with Crippen molar-refractivity contribution >= 4 is 18.0 Å². The van der Waals surface area contributed by atoms with E-state index in [1.807, 2.05) is 36.4 Å². The van der Waals surface area contributed by atoms with E-state index in [0.717, 1.165) is 6.26 Å². The van der Waals surface area contributed by atoms with E-state index in [9.17, 15) is 9.59 Å². The molecule has 0 unspecified atom stereocenters. The largest absolute Gasteiger partial charge is 0.466 e. The summed E-state index contributed by atoms with van der Waals surface area (Å²) in [5, 5.41) is 0. The van der Waals surface area contributed by atoms with Crippen molar-refractivity contribution in [2.45, 2.75) is 13.8 Å². The number of hydrogen-bond donors (Lipinski definition) is 0. The van der Waals surface area contributed by atoms with Crippen LogP contribution in [0.2, 0.25) is 0 Å². The minimum Gasteiger partial charge on any atom is -0.466 e. The Balaban J connectivity index is -0.000000250. The molecule has 0 saturated carbocycles. The first kappa shape index (κ1) is 25.1. The van der Waals surface area contributed by atoms with Crippen LogP contribution in [0.15, 0.2) is 75.1 Å². The fourth-order valence-electron chi connectivity index (χ4n) is 0.881. The van der Waals surface area contributed by atoms with Crippen molar-refractivity contribution in [2.75, 3.05) is 7.11 Å². The molecule has 0 saturated heterocycles. The molecule has 1 aromatic carbocycles. The van der Waals surface area contributed by atoms with Gasteiger partial charge in [0.05, 0.1) is 13.4 Å². The van der Waals surface area contributed by atoms with Gasteiger partial charge in [0.2, 0.25) is 0 Å². The average molecular weight is 318 g/mol. The van der Waals surface area contributed by atoms with E-state index in [2.05, 4.69) is 42.4 Å². The quantitative estimate of drug-likeness (QED) is 0.355. The summed E-state index contributed by atoms with van der Waals surface area (Å²) < 4.78 is 8.44. The minimum absolute atomic E-state index is 0.329. The molecule has 0 fully saturated rings. The second-order valence-electron chi connectivity index (χ2n) is 3.66. The van der Waals surface area contributed by atoms with Gasteiger partial charge in [-0.1, -0.05) is 56.1 Å². The Morgan fingerprint density at radius 3 is 1.65 bits per heavy atom. The standard InChI is InChI=1S/C8H8.C5H8O2.C4H6O2.C2H4/c1-2-8-6-4-3-5-7-8;1-4(2)5(6)7-3;1-3-6-4(2)5;1-2/h2-7H,1H2;1H2,2-3H3;3H,1H2,2H3;1-2H2. The van der Waals surface area contributed by atoms with Crippen molar-refractivity contribution in [3.8, 4) is 0 Å². The number of rotatable bonds is 3. The van der Waals surface area contributed by atoms with Gasteiger partial charge in [0.1, 0.15) is 0 Å². The first-order valence-electron chi connectivity index (χ1n) is 6.58. The molecular formula is C19H26O4. The van der Waals surface area contributed by atoms with E-state index < -0.39 is 0 Å². The topological polar surface area (TPSA) is 52.6 Å². The van der Waals surface area contributed by atoms with Gasteiger partial charge in [-0.15, -0.1) is 13.2 Å². The number of carbonyl (C=O) groups is 2. The molecule has 0 spiro atoms. The van der Waals surface area contributed by atoms with E-state index in [-0.39, 0.29) is 11.9 Å². The summed E-state index contributed by atoms with van der Waals surface area (Å²) in [6, 6.07) is 10.0. The third kappa shape index (κ3) is 21.6. The van der Waals surface area contributed by atoms with E-state index in [0.29, 0.717) is 5.57 Å². The van der Waals surface area contributed by atoms with Crippen LogP contribution in [0.25, 0.3) is 6.08 Å². The normalized spacial score (nSPS) is 7.26. The second kappa shape index (κ2) is 19.1. The van der Waals surface area contributed by atoms with Crippen molar-refractivity contribution < 1.29 is 19.1 Å². The molecule has 0 bridgehead atoms. The zero-order chi connectivity index (χ0) is 18.7. The van der Waals surface area contributed by atoms with Crippen molar-refractivity contribution in [3.63, 3.8) is 0 Å². The molecule has 0 aliphatic carbocycles. The van der Waals surface area contributed by atoms with Gasteiger partial charge in [0.15, 0.2) is 0 Å². The van der Waals surface area contributed by atoms with E-state index in [4.69, 9.17) is 0 Å². The Hall–Kier alpha value is -2.88. The maximum absolute atomic E-state index is 10.2. The van der Waals surface area contributed by atoms with Gasteiger partial charge in [0.25, 0.3) is 0 Å². The van der Waals surface area contributed by atoms with Crippen LogP contribution in [0.4, 0.5) is 0 Å². The van der Waals surface area contributed by atoms with Crippen molar-refractivity contribution in [1.29, 1.82) is 0 Å². The summed E-state index contributed by atoms with van der Waals surface area (Å²) in [5.41, 5.74) is 1.61. The van der Waals surface area contributed by atoms with Crippen LogP contribution < -0.4 is 0 Å². The highest BCUT2D eigenvalue weighted by molar-refractivity contribution is 5.86. The number of hydrogen-bond acceptors (Lipinski definition) is 4. The Morgan fingerprint density at radius 2 is 1.52 bits per heavy atom. The SMILES string of the molecule is C=C.C=C(C)C(=O)OC.C=COC(C)=O.C=Cc1ccccc1. The lowest BCUT2D eigenvalue weighted by Gasteiger charge is -1.91. The Kier molecular flexibility index (Phi) is 20.9. The van der Waals surface area contributed by atoms with Crippen LogP contribution in [0, 0.1) is 0 Å². The molecule has 0 atom stereocenters. The van der Waals surface area contributed by atoms with E-state index in [1.54, 1.807) is 6.92 Å². The molecule has 0 aliphatic heterocycles. The van der Waals surface area contributed by atoms with Gasteiger partial charge in [-0.25, -0.2) is 4.79 Å². The van der Waals surface area contributed by atoms with Gasteiger partial charge < -0.3 is 9.47 Å². The first-order valence-corrected chi connectivity index (χ1v) is 6.58. The van der Waals surface area contributed by atoms with Crippen LogP contribution in [0.3, 0.4) is 0 Å². The predicted molar refractivity (Wildman–Crippen MR) is 96.6 cm³/mol. The number of benzene rings is 1. The number of ether oxygens (including phenoxy) is 2. The molecule has 0 aromatic heterocycles. The summed E-state index contributed by atoms with van der Waals surface area (Å²) in [4.78, 5) is 19.9. The fourth-order valence-corrected chi connectivity index (χ4v) is 0.881. The summed E-state index contributed by atoms with van der Waals surface area (Å²) in [5.74, 6) is -0.676. The van der Waals surface area contributed by atoms with Crippen LogP contribution in [-0.2, 0) is 19.1 Å². The van der Waals surface area contributed by atoms with Crippen molar-refractivity contribution in [1.82, 2.24) is 0 Å². The van der Waals surface area contributed by atoms with Crippen molar-refractivity contribution in [2.24, 2.45) is 0 Å². The van der Waals surface area contributed by atoms with Gasteiger partial charge in [-0.2, -0.15) is 0 Å². The third-order valence-corrected chi connectivity index (χ3v) is 1.82. The first-order chi connectivity index (χ1) is 10.9. The zero-order valence-corrected chi connectivity index (χ0v) is 14.2. The molecule has 0 aliphatic rings. The summed E-state index contributed by atoms with van der Waals surface area (Å²) in [6.45, 7) is 19.1. The molecular weight excluding hydrogens is 292 g/mol. The molecule has 4 nitrogen and oxygen atoms in total. The van der Waals surface area contributed by atoms with Crippen LogP contribution >= 0.6 is 0 Å². The second-order valence-corrected chi connectivity index (χ2v) is 3.66. The van der Waals surface area contributed by atoms with Crippen LogP contribution in [-0.4, -0.2) is 19.0 Å². The maximum atomic E-state index is 10.2. The molecule has 0 N–H and O–H groups in total. The average Bonchev–Trinajstić information content (AvgIpc) is 2.57. The minimum atomic E-state index is -0.347.